The largest absolute Gasteiger partial charge is 0.494 e. The van der Waals surface area contributed by atoms with E-state index < -0.39 is 17.5 Å². The van der Waals surface area contributed by atoms with Crippen molar-refractivity contribution in [1.82, 2.24) is 10.2 Å². The van der Waals surface area contributed by atoms with Gasteiger partial charge < -0.3 is 15.0 Å². The Morgan fingerprint density at radius 2 is 1.83 bits per heavy atom. The average molecular weight is 425 g/mol. The first kappa shape index (κ1) is 22.6. The van der Waals surface area contributed by atoms with Gasteiger partial charge in [-0.05, 0) is 49.2 Å². The molecule has 2 aromatic carbocycles. The highest BCUT2D eigenvalue weighted by Crippen LogP contribution is 2.15. The highest BCUT2D eigenvalue weighted by Gasteiger charge is 2.13. The lowest BCUT2D eigenvalue weighted by Crippen LogP contribution is -2.30. The normalized spacial score (nSPS) is 10.5. The van der Waals surface area contributed by atoms with E-state index in [0.29, 0.717) is 37.1 Å². The minimum absolute atomic E-state index is 0.0568. The molecule has 0 heterocycles. The van der Waals surface area contributed by atoms with Crippen LogP contribution >= 0.6 is 11.6 Å². The standard InChI is InChI=1S/C21H23ClF2N2O3/c1-26(12-3-13-29-17-8-5-15(22)6-9-17)20(27)4-2-11-25-21(28)18-10-7-16(23)14-19(18)24/h5-10,14H,2-4,11-13H2,1H3,(H,25,28). The molecule has 0 saturated carbocycles. The maximum absolute atomic E-state index is 13.5. The smallest absolute Gasteiger partial charge is 0.254 e. The van der Waals surface area contributed by atoms with E-state index in [1.165, 1.54) is 0 Å². The third kappa shape index (κ3) is 7.69. The summed E-state index contributed by atoms with van der Waals surface area (Å²) in [4.78, 5) is 25.6. The molecule has 0 aliphatic carbocycles. The highest BCUT2D eigenvalue weighted by atomic mass is 35.5. The van der Waals surface area contributed by atoms with Crippen molar-refractivity contribution in [3.8, 4) is 5.75 Å². The second-order valence-corrected chi connectivity index (χ2v) is 6.89. The van der Waals surface area contributed by atoms with Crippen LogP contribution in [0.15, 0.2) is 42.5 Å². The summed E-state index contributed by atoms with van der Waals surface area (Å²) in [5.74, 6) is -1.64. The van der Waals surface area contributed by atoms with Crippen molar-refractivity contribution >= 4 is 23.4 Å². The number of nitrogens with one attached hydrogen (secondary N) is 1. The van der Waals surface area contributed by atoms with Gasteiger partial charge in [-0.2, -0.15) is 0 Å². The number of ether oxygens (including phenoxy) is 1. The maximum Gasteiger partial charge on any atom is 0.254 e. The zero-order valence-corrected chi connectivity index (χ0v) is 16.8. The Labute approximate surface area is 173 Å². The van der Waals surface area contributed by atoms with Crippen LogP contribution in [0.3, 0.4) is 0 Å². The van der Waals surface area contributed by atoms with Gasteiger partial charge in [0.1, 0.15) is 17.4 Å². The lowest BCUT2D eigenvalue weighted by Gasteiger charge is -2.17. The molecule has 0 fully saturated rings. The number of hydrogen-bond acceptors (Lipinski definition) is 3. The summed E-state index contributed by atoms with van der Waals surface area (Å²) in [5, 5.41) is 3.17. The molecule has 0 spiro atoms. The Morgan fingerprint density at radius 3 is 2.52 bits per heavy atom. The third-order valence-corrected chi connectivity index (χ3v) is 4.43. The molecular weight excluding hydrogens is 402 g/mol. The number of benzene rings is 2. The zero-order chi connectivity index (χ0) is 21.2. The molecule has 29 heavy (non-hydrogen) atoms. The lowest BCUT2D eigenvalue weighted by molar-refractivity contribution is -0.130. The first-order chi connectivity index (χ1) is 13.9. The van der Waals surface area contributed by atoms with Crippen molar-refractivity contribution in [3.63, 3.8) is 0 Å². The first-order valence-electron chi connectivity index (χ1n) is 9.22. The SMILES string of the molecule is CN(CCCOc1ccc(Cl)cc1)C(=O)CCCNC(=O)c1ccc(F)cc1F. The summed E-state index contributed by atoms with van der Waals surface area (Å²) >= 11 is 5.81. The molecule has 1 N–H and O–H groups in total. The Balaban J connectivity index is 1.60. The predicted molar refractivity (Wildman–Crippen MR) is 107 cm³/mol. The van der Waals surface area contributed by atoms with Crippen LogP contribution in [-0.2, 0) is 4.79 Å². The van der Waals surface area contributed by atoms with Crippen LogP contribution in [0.2, 0.25) is 5.02 Å². The van der Waals surface area contributed by atoms with Crippen LogP contribution in [-0.4, -0.2) is 43.5 Å². The van der Waals surface area contributed by atoms with Gasteiger partial charge in [0.05, 0.1) is 12.2 Å². The molecule has 5 nitrogen and oxygen atoms in total. The maximum atomic E-state index is 13.5. The fourth-order valence-corrected chi connectivity index (χ4v) is 2.67. The van der Waals surface area contributed by atoms with Crippen molar-refractivity contribution in [2.75, 3.05) is 26.7 Å². The van der Waals surface area contributed by atoms with Gasteiger partial charge in [0.25, 0.3) is 5.91 Å². The number of hydrogen-bond donors (Lipinski definition) is 1. The molecule has 0 aromatic heterocycles. The number of nitrogens with zero attached hydrogens (tertiary/aromatic N) is 1. The average Bonchev–Trinajstić information content (AvgIpc) is 2.69. The van der Waals surface area contributed by atoms with E-state index in [0.717, 1.165) is 17.9 Å². The van der Waals surface area contributed by atoms with Crippen LogP contribution in [0.5, 0.6) is 5.75 Å². The molecule has 156 valence electrons. The van der Waals surface area contributed by atoms with Crippen molar-refractivity contribution in [2.24, 2.45) is 0 Å². The van der Waals surface area contributed by atoms with Crippen LogP contribution in [0.25, 0.3) is 0 Å². The topological polar surface area (TPSA) is 58.6 Å². The fraction of sp³-hybridized carbons (Fsp3) is 0.333. The van der Waals surface area contributed by atoms with Crippen LogP contribution in [0.1, 0.15) is 29.6 Å². The quantitative estimate of drug-likeness (QED) is 0.585. The van der Waals surface area contributed by atoms with Crippen LogP contribution in [0.4, 0.5) is 8.78 Å². The minimum Gasteiger partial charge on any atom is -0.494 e. The lowest BCUT2D eigenvalue weighted by atomic mass is 10.2. The molecule has 0 saturated heterocycles. The Morgan fingerprint density at radius 1 is 1.10 bits per heavy atom. The summed E-state index contributed by atoms with van der Waals surface area (Å²) in [6.45, 7) is 1.23. The molecule has 2 aromatic rings. The van der Waals surface area contributed by atoms with E-state index >= 15 is 0 Å². The Bertz CT molecular complexity index is 831. The molecule has 2 rings (SSSR count). The third-order valence-electron chi connectivity index (χ3n) is 4.17. The fourth-order valence-electron chi connectivity index (χ4n) is 2.55. The number of rotatable bonds is 10. The molecule has 0 aliphatic heterocycles. The minimum atomic E-state index is -0.917. The van der Waals surface area contributed by atoms with Crippen LogP contribution in [0, 0.1) is 11.6 Å². The molecule has 0 aliphatic rings. The monoisotopic (exact) mass is 424 g/mol. The van der Waals surface area contributed by atoms with Crippen molar-refractivity contribution in [3.05, 3.63) is 64.7 Å². The zero-order valence-electron chi connectivity index (χ0n) is 16.1. The van der Waals surface area contributed by atoms with E-state index in [-0.39, 0.29) is 24.4 Å². The summed E-state index contributed by atoms with van der Waals surface area (Å²) in [5.41, 5.74) is -0.226. The number of carbonyl (C=O) groups is 2. The van der Waals surface area contributed by atoms with Gasteiger partial charge in [-0.15, -0.1) is 0 Å². The molecule has 0 radical (unpaired) electrons. The molecule has 8 heteroatoms. The van der Waals surface area contributed by atoms with Crippen LogP contribution < -0.4 is 10.1 Å². The first-order valence-corrected chi connectivity index (χ1v) is 9.60. The van der Waals surface area contributed by atoms with Crippen molar-refractivity contribution < 1.29 is 23.1 Å². The molecular formula is C21H23ClF2N2O3. The second-order valence-electron chi connectivity index (χ2n) is 6.45. The van der Waals surface area contributed by atoms with E-state index in [4.69, 9.17) is 16.3 Å². The number of carbonyl (C=O) groups excluding carboxylic acids is 2. The van der Waals surface area contributed by atoms with Crippen molar-refractivity contribution in [1.29, 1.82) is 0 Å². The highest BCUT2D eigenvalue weighted by molar-refractivity contribution is 6.30. The molecule has 0 unspecified atom stereocenters. The van der Waals surface area contributed by atoms with Gasteiger partial charge >= 0.3 is 0 Å². The van der Waals surface area contributed by atoms with Gasteiger partial charge in [-0.1, -0.05) is 11.6 Å². The second kappa shape index (κ2) is 11.4. The summed E-state index contributed by atoms with van der Waals surface area (Å²) in [6.07, 6.45) is 1.34. The molecule has 2 amide bonds. The molecule has 0 bridgehead atoms. The number of amides is 2. The molecule has 0 atom stereocenters. The van der Waals surface area contributed by atoms with E-state index in [1.54, 1.807) is 36.2 Å². The summed E-state index contributed by atoms with van der Waals surface area (Å²) in [6, 6.07) is 9.82. The van der Waals surface area contributed by atoms with E-state index in [1.807, 2.05) is 0 Å². The summed E-state index contributed by atoms with van der Waals surface area (Å²) in [7, 11) is 1.71. The number of halogens is 3. The predicted octanol–water partition coefficient (Wildman–Crippen LogP) is 4.06. The van der Waals surface area contributed by atoms with Gasteiger partial charge in [-0.25, -0.2) is 8.78 Å². The van der Waals surface area contributed by atoms with Gasteiger partial charge in [0.15, 0.2) is 0 Å². The van der Waals surface area contributed by atoms with E-state index in [9.17, 15) is 18.4 Å². The Hall–Kier alpha value is -2.67. The van der Waals surface area contributed by atoms with Gasteiger partial charge in [0, 0.05) is 37.6 Å². The van der Waals surface area contributed by atoms with Gasteiger partial charge in [-0.3, -0.25) is 9.59 Å². The van der Waals surface area contributed by atoms with Crippen molar-refractivity contribution in [2.45, 2.75) is 19.3 Å². The Kier molecular flexibility index (Phi) is 8.86. The van der Waals surface area contributed by atoms with E-state index in [2.05, 4.69) is 5.32 Å². The summed E-state index contributed by atoms with van der Waals surface area (Å²) < 4.78 is 32.0. The van der Waals surface area contributed by atoms with Gasteiger partial charge in [0.2, 0.25) is 5.91 Å².